The van der Waals surface area contributed by atoms with Crippen LogP contribution in [0, 0.1) is 0 Å². The van der Waals surface area contributed by atoms with Crippen molar-refractivity contribution in [2.45, 2.75) is 13.5 Å². The van der Waals surface area contributed by atoms with E-state index in [4.69, 9.17) is 4.74 Å². The van der Waals surface area contributed by atoms with Crippen molar-refractivity contribution in [1.82, 2.24) is 9.97 Å². The highest BCUT2D eigenvalue weighted by atomic mass is 32.1. The van der Waals surface area contributed by atoms with Crippen LogP contribution in [0.15, 0.2) is 17.0 Å². The molecule has 0 saturated heterocycles. The third-order valence-corrected chi connectivity index (χ3v) is 3.32. The summed E-state index contributed by atoms with van der Waals surface area (Å²) in [5, 5.41) is 6.94. The molecule has 0 aliphatic heterocycles. The predicted octanol–water partition coefficient (Wildman–Crippen LogP) is 1.91. The number of anilines is 1. The Balaban J connectivity index is 1.92. The molecule has 2 aromatic rings. The van der Waals surface area contributed by atoms with Gasteiger partial charge in [0.15, 0.2) is 10.8 Å². The second kappa shape index (κ2) is 5.69. The van der Waals surface area contributed by atoms with Crippen molar-refractivity contribution in [3.05, 3.63) is 27.7 Å². The Morgan fingerprint density at radius 1 is 1.44 bits per heavy atom. The standard InChI is InChI=1S/C10H9N3O3S2/c1-6(14)12-10-13-7(5-18-10)9(15)16-4-8-11-2-3-17-8/h2-3,5H,4H2,1H3,(H,12,13,14). The Labute approximate surface area is 111 Å². The molecule has 18 heavy (non-hydrogen) atoms. The second-order valence-electron chi connectivity index (χ2n) is 3.22. The van der Waals surface area contributed by atoms with Gasteiger partial charge in [-0.15, -0.1) is 22.7 Å². The number of esters is 1. The lowest BCUT2D eigenvalue weighted by molar-refractivity contribution is -0.114. The molecule has 1 amide bonds. The van der Waals surface area contributed by atoms with Gasteiger partial charge in [0.05, 0.1) is 0 Å². The first-order chi connectivity index (χ1) is 8.65. The van der Waals surface area contributed by atoms with Gasteiger partial charge >= 0.3 is 5.97 Å². The van der Waals surface area contributed by atoms with Gasteiger partial charge in [0.2, 0.25) is 5.91 Å². The average Bonchev–Trinajstić information content (AvgIpc) is 2.95. The van der Waals surface area contributed by atoms with E-state index in [-0.39, 0.29) is 18.2 Å². The van der Waals surface area contributed by atoms with Crippen LogP contribution in [0.1, 0.15) is 22.4 Å². The topological polar surface area (TPSA) is 81.2 Å². The Morgan fingerprint density at radius 2 is 2.28 bits per heavy atom. The minimum atomic E-state index is -0.530. The van der Waals surface area contributed by atoms with Gasteiger partial charge in [-0.25, -0.2) is 14.8 Å². The van der Waals surface area contributed by atoms with Crippen LogP contribution < -0.4 is 5.32 Å². The molecule has 2 rings (SSSR count). The summed E-state index contributed by atoms with van der Waals surface area (Å²) in [5.74, 6) is -0.759. The largest absolute Gasteiger partial charge is 0.454 e. The minimum absolute atomic E-state index is 0.128. The van der Waals surface area contributed by atoms with Gasteiger partial charge < -0.3 is 10.1 Å². The number of hydrogen-bond acceptors (Lipinski definition) is 7. The van der Waals surface area contributed by atoms with Gasteiger partial charge in [0.1, 0.15) is 11.6 Å². The summed E-state index contributed by atoms with van der Waals surface area (Å²) in [4.78, 5) is 30.4. The molecule has 94 valence electrons. The van der Waals surface area contributed by atoms with Gasteiger partial charge in [-0.2, -0.15) is 0 Å². The number of rotatable bonds is 4. The first kappa shape index (κ1) is 12.7. The van der Waals surface area contributed by atoms with E-state index in [0.29, 0.717) is 5.13 Å². The number of nitrogens with zero attached hydrogens (tertiary/aromatic N) is 2. The zero-order valence-corrected chi connectivity index (χ0v) is 11.0. The zero-order valence-electron chi connectivity index (χ0n) is 9.37. The molecule has 0 unspecified atom stereocenters. The van der Waals surface area contributed by atoms with Crippen LogP contribution in [0.2, 0.25) is 0 Å². The first-order valence-corrected chi connectivity index (χ1v) is 6.69. The average molecular weight is 283 g/mol. The molecule has 0 aliphatic rings. The van der Waals surface area contributed by atoms with Crippen LogP contribution in [0.3, 0.4) is 0 Å². The highest BCUT2D eigenvalue weighted by molar-refractivity contribution is 7.14. The molecular formula is C10H9N3O3S2. The van der Waals surface area contributed by atoms with Gasteiger partial charge in [-0.3, -0.25) is 4.79 Å². The third-order valence-electron chi connectivity index (χ3n) is 1.81. The molecule has 0 saturated carbocycles. The SMILES string of the molecule is CC(=O)Nc1nc(C(=O)OCc2nccs2)cs1. The van der Waals surface area contributed by atoms with Crippen molar-refractivity contribution < 1.29 is 14.3 Å². The quantitative estimate of drug-likeness (QED) is 0.867. The molecule has 1 N–H and O–H groups in total. The van der Waals surface area contributed by atoms with E-state index in [1.54, 1.807) is 11.6 Å². The van der Waals surface area contributed by atoms with Crippen molar-refractivity contribution in [3.63, 3.8) is 0 Å². The maximum Gasteiger partial charge on any atom is 0.358 e. The van der Waals surface area contributed by atoms with E-state index in [0.717, 1.165) is 5.01 Å². The molecule has 0 atom stereocenters. The van der Waals surface area contributed by atoms with E-state index in [1.807, 2.05) is 0 Å². The van der Waals surface area contributed by atoms with E-state index < -0.39 is 5.97 Å². The van der Waals surface area contributed by atoms with Crippen LogP contribution in [-0.2, 0) is 16.1 Å². The molecule has 0 aromatic carbocycles. The van der Waals surface area contributed by atoms with Crippen molar-refractivity contribution in [1.29, 1.82) is 0 Å². The summed E-state index contributed by atoms with van der Waals surface area (Å²) in [6.07, 6.45) is 1.64. The van der Waals surface area contributed by atoms with Gasteiger partial charge in [0, 0.05) is 23.9 Å². The molecule has 0 bridgehead atoms. The number of aromatic nitrogens is 2. The van der Waals surface area contributed by atoms with E-state index >= 15 is 0 Å². The molecule has 2 aromatic heterocycles. The smallest absolute Gasteiger partial charge is 0.358 e. The van der Waals surface area contributed by atoms with Crippen LogP contribution >= 0.6 is 22.7 Å². The van der Waals surface area contributed by atoms with Crippen molar-refractivity contribution in [2.75, 3.05) is 5.32 Å². The summed E-state index contributed by atoms with van der Waals surface area (Å²) in [5.41, 5.74) is 0.181. The lowest BCUT2D eigenvalue weighted by Gasteiger charge is -1.99. The molecule has 8 heteroatoms. The second-order valence-corrected chi connectivity index (χ2v) is 5.06. The zero-order chi connectivity index (χ0) is 13.0. The highest BCUT2D eigenvalue weighted by Crippen LogP contribution is 2.16. The van der Waals surface area contributed by atoms with Crippen LogP contribution in [0.25, 0.3) is 0 Å². The summed E-state index contributed by atoms with van der Waals surface area (Å²) >= 11 is 2.58. The van der Waals surface area contributed by atoms with Crippen molar-refractivity contribution in [3.8, 4) is 0 Å². The van der Waals surface area contributed by atoms with Crippen LogP contribution in [0.5, 0.6) is 0 Å². The third kappa shape index (κ3) is 3.34. The van der Waals surface area contributed by atoms with Crippen molar-refractivity contribution in [2.24, 2.45) is 0 Å². The number of carbonyl (C=O) groups excluding carboxylic acids is 2. The Hall–Kier alpha value is -1.80. The summed E-state index contributed by atoms with van der Waals surface area (Å²) in [6, 6.07) is 0. The molecule has 0 fully saturated rings. The number of ether oxygens (including phenoxy) is 1. The maximum atomic E-state index is 11.6. The molecule has 2 heterocycles. The minimum Gasteiger partial charge on any atom is -0.454 e. The molecule has 6 nitrogen and oxygen atoms in total. The van der Waals surface area contributed by atoms with E-state index in [1.165, 1.54) is 35.0 Å². The van der Waals surface area contributed by atoms with Gasteiger partial charge in [-0.05, 0) is 0 Å². The lowest BCUT2D eigenvalue weighted by Crippen LogP contribution is -2.08. The van der Waals surface area contributed by atoms with Crippen LogP contribution in [-0.4, -0.2) is 21.8 Å². The summed E-state index contributed by atoms with van der Waals surface area (Å²) in [6.45, 7) is 1.51. The Kier molecular flexibility index (Phi) is 4.00. The summed E-state index contributed by atoms with van der Waals surface area (Å²) < 4.78 is 5.03. The van der Waals surface area contributed by atoms with Crippen LogP contribution in [0.4, 0.5) is 5.13 Å². The number of carbonyl (C=O) groups is 2. The fourth-order valence-corrected chi connectivity index (χ4v) is 2.35. The Bertz CT molecular complexity index is 550. The fraction of sp³-hybridized carbons (Fsp3) is 0.200. The predicted molar refractivity (Wildman–Crippen MR) is 67.7 cm³/mol. The van der Waals surface area contributed by atoms with Gasteiger partial charge in [-0.1, -0.05) is 0 Å². The number of nitrogens with one attached hydrogen (secondary N) is 1. The van der Waals surface area contributed by atoms with Crippen molar-refractivity contribution >= 4 is 39.7 Å². The molecule has 0 aliphatic carbocycles. The van der Waals surface area contributed by atoms with E-state index in [2.05, 4.69) is 15.3 Å². The normalized spacial score (nSPS) is 10.1. The molecule has 0 spiro atoms. The Morgan fingerprint density at radius 3 is 2.94 bits per heavy atom. The fourth-order valence-electron chi connectivity index (χ4n) is 1.10. The number of thiazole rings is 2. The monoisotopic (exact) mass is 283 g/mol. The van der Waals surface area contributed by atoms with Gasteiger partial charge in [0.25, 0.3) is 0 Å². The first-order valence-electron chi connectivity index (χ1n) is 4.94. The highest BCUT2D eigenvalue weighted by Gasteiger charge is 2.13. The summed E-state index contributed by atoms with van der Waals surface area (Å²) in [7, 11) is 0. The van der Waals surface area contributed by atoms with E-state index in [9.17, 15) is 9.59 Å². The number of hydrogen-bond donors (Lipinski definition) is 1. The lowest BCUT2D eigenvalue weighted by atomic mass is 10.5. The maximum absolute atomic E-state index is 11.6. The molecule has 0 radical (unpaired) electrons. The molecular weight excluding hydrogens is 274 g/mol. The number of amides is 1.